The first-order valence-electron chi connectivity index (χ1n) is 4.92. The topological polar surface area (TPSA) is 224 Å². The number of hydrogen-bond donors (Lipinski definition) is 6. The normalized spacial score (nSPS) is 10.0. The van der Waals surface area contributed by atoms with Gasteiger partial charge >= 0.3 is 31.2 Å². The summed E-state index contributed by atoms with van der Waals surface area (Å²) >= 11 is 0. The zero-order valence-corrected chi connectivity index (χ0v) is 14.2. The molecule has 0 spiro atoms. The van der Waals surface area contributed by atoms with Crippen molar-refractivity contribution in [1.29, 1.82) is 0 Å². The summed E-state index contributed by atoms with van der Waals surface area (Å²) in [7, 11) is -14.0. The molecule has 0 unspecified atom stereocenters. The molecule has 21 heavy (non-hydrogen) atoms. The first kappa shape index (κ1) is 32.5. The van der Waals surface area contributed by atoms with Crippen LogP contribution in [-0.4, -0.2) is 52.6 Å². The maximum atomic E-state index is 8.74. The maximum absolute atomic E-state index is 8.74. The van der Waals surface area contributed by atoms with Gasteiger partial charge in [0.05, 0.1) is 0 Å². The molecular weight excluding hydrogens is 360 g/mol. The number of rotatable bonds is 0. The third-order valence-electron chi connectivity index (χ3n) is 0. The summed E-state index contributed by atoms with van der Waals surface area (Å²) in [5.74, 6) is 0. The average Bonchev–Trinajstić information content (AvgIpc) is 1.93. The van der Waals surface area contributed by atoms with Gasteiger partial charge in [0.15, 0.2) is 0 Å². The van der Waals surface area contributed by atoms with Gasteiger partial charge in [-0.25, -0.2) is 0 Å². The van der Waals surface area contributed by atoms with Gasteiger partial charge in [0.2, 0.25) is 0 Å². The van der Waals surface area contributed by atoms with Crippen LogP contribution in [-0.2, 0) is 31.2 Å². The standard InChI is InChI=1S/2C3H8.3H2O4S/c2*1-3-2;3*1-5(2,3)4/h2*3H2,1-2H3;3*(H2,1,2,3,4). The van der Waals surface area contributed by atoms with E-state index in [-0.39, 0.29) is 0 Å². The van der Waals surface area contributed by atoms with Gasteiger partial charge in [-0.3, -0.25) is 27.3 Å². The third-order valence-corrected chi connectivity index (χ3v) is 0. The van der Waals surface area contributed by atoms with Crippen molar-refractivity contribution >= 4 is 31.2 Å². The van der Waals surface area contributed by atoms with Crippen LogP contribution in [0.4, 0.5) is 0 Å². The summed E-state index contributed by atoms with van der Waals surface area (Å²) in [6.07, 6.45) is 2.50. The molecule has 0 aliphatic rings. The lowest BCUT2D eigenvalue weighted by Crippen LogP contribution is -1.89. The Labute approximate surface area is 124 Å². The average molecular weight is 382 g/mol. The van der Waals surface area contributed by atoms with Crippen LogP contribution in [0, 0.1) is 0 Å². The molecule has 12 nitrogen and oxygen atoms in total. The Balaban J connectivity index is -0.0000000519. The molecule has 0 atom stereocenters. The Morgan fingerprint density at radius 1 is 0.476 bits per heavy atom. The molecule has 0 rings (SSSR count). The second kappa shape index (κ2) is 17.7. The van der Waals surface area contributed by atoms with Crippen LogP contribution in [0.1, 0.15) is 40.5 Å². The van der Waals surface area contributed by atoms with Gasteiger partial charge in [0.25, 0.3) is 0 Å². The van der Waals surface area contributed by atoms with Crippen LogP contribution >= 0.6 is 0 Å². The SMILES string of the molecule is CCC.CCC.O=S(=O)(O)O.O=S(=O)(O)O.O=S(=O)(O)O. The molecule has 0 radical (unpaired) electrons. The second-order valence-electron chi connectivity index (χ2n) is 2.76. The lowest BCUT2D eigenvalue weighted by Gasteiger charge is -1.68. The lowest BCUT2D eigenvalue weighted by atomic mass is 10.6. The molecule has 0 aromatic heterocycles. The maximum Gasteiger partial charge on any atom is 0.394 e. The fourth-order valence-corrected chi connectivity index (χ4v) is 0. The molecule has 0 aliphatic heterocycles. The van der Waals surface area contributed by atoms with Crippen LogP contribution in [0.5, 0.6) is 0 Å². The van der Waals surface area contributed by atoms with E-state index in [0.717, 1.165) is 0 Å². The van der Waals surface area contributed by atoms with E-state index in [1.54, 1.807) is 0 Å². The van der Waals surface area contributed by atoms with E-state index in [1.807, 2.05) is 0 Å². The van der Waals surface area contributed by atoms with E-state index in [0.29, 0.717) is 0 Å². The van der Waals surface area contributed by atoms with Crippen molar-refractivity contribution in [1.82, 2.24) is 0 Å². The van der Waals surface area contributed by atoms with E-state index in [9.17, 15) is 0 Å². The zero-order chi connectivity index (χ0) is 18.9. The predicted octanol–water partition coefficient (Wildman–Crippen LogP) is 0.874. The molecule has 136 valence electrons. The summed E-state index contributed by atoms with van der Waals surface area (Å²) in [4.78, 5) is 0. The van der Waals surface area contributed by atoms with E-state index in [1.165, 1.54) is 12.8 Å². The van der Waals surface area contributed by atoms with E-state index in [2.05, 4.69) is 27.7 Å². The zero-order valence-electron chi connectivity index (χ0n) is 11.8. The number of hydrogen-bond acceptors (Lipinski definition) is 6. The van der Waals surface area contributed by atoms with Crippen LogP contribution in [0.25, 0.3) is 0 Å². The summed E-state index contributed by atoms with van der Waals surface area (Å²) in [6.45, 7) is 8.50. The fraction of sp³-hybridized carbons (Fsp3) is 1.00. The summed E-state index contributed by atoms with van der Waals surface area (Å²) < 4.78 is 94.8. The summed E-state index contributed by atoms with van der Waals surface area (Å²) in [5.41, 5.74) is 0. The van der Waals surface area contributed by atoms with Crippen molar-refractivity contribution in [3.05, 3.63) is 0 Å². The first-order valence-corrected chi connectivity index (χ1v) is 9.11. The summed E-state index contributed by atoms with van der Waals surface area (Å²) in [6, 6.07) is 0. The molecule has 0 fully saturated rings. The quantitative estimate of drug-likeness (QED) is 0.321. The molecule has 0 saturated heterocycles. The first-order chi connectivity index (χ1) is 8.83. The van der Waals surface area contributed by atoms with Gasteiger partial charge in [-0.15, -0.1) is 0 Å². The van der Waals surface area contributed by atoms with Gasteiger partial charge in [-0.05, 0) is 0 Å². The minimum Gasteiger partial charge on any atom is -0.264 e. The molecule has 0 aromatic carbocycles. The fourth-order valence-electron chi connectivity index (χ4n) is 0. The molecule has 15 heteroatoms. The van der Waals surface area contributed by atoms with E-state index in [4.69, 9.17) is 52.6 Å². The van der Waals surface area contributed by atoms with Gasteiger partial charge < -0.3 is 0 Å². The Kier molecular flexibility index (Phi) is 27.4. The predicted molar refractivity (Wildman–Crippen MR) is 74.5 cm³/mol. The molecule has 0 heterocycles. The van der Waals surface area contributed by atoms with Gasteiger partial charge in [0, 0.05) is 0 Å². The van der Waals surface area contributed by atoms with Crippen molar-refractivity contribution in [3.8, 4) is 0 Å². The van der Waals surface area contributed by atoms with Crippen molar-refractivity contribution in [2.45, 2.75) is 40.5 Å². The minimum absolute atomic E-state index is 1.25. The van der Waals surface area contributed by atoms with Gasteiger partial charge in [-0.1, -0.05) is 40.5 Å². The van der Waals surface area contributed by atoms with Gasteiger partial charge in [-0.2, -0.15) is 25.3 Å². The van der Waals surface area contributed by atoms with Crippen LogP contribution in [0.3, 0.4) is 0 Å². The monoisotopic (exact) mass is 382 g/mol. The highest BCUT2D eigenvalue weighted by atomic mass is 32.3. The molecule has 0 amide bonds. The van der Waals surface area contributed by atoms with Crippen LogP contribution < -0.4 is 0 Å². The van der Waals surface area contributed by atoms with E-state index >= 15 is 0 Å². The Hall–Kier alpha value is -0.390. The van der Waals surface area contributed by atoms with Crippen molar-refractivity contribution < 1.29 is 52.6 Å². The van der Waals surface area contributed by atoms with Gasteiger partial charge in [0.1, 0.15) is 0 Å². The largest absolute Gasteiger partial charge is 0.394 e. The molecule has 6 N–H and O–H groups in total. The minimum atomic E-state index is -4.67. The third kappa shape index (κ3) is 40000. The molecule has 0 aromatic rings. The Bertz CT molecular complexity index is 376. The highest BCUT2D eigenvalue weighted by Gasteiger charge is 1.85. The van der Waals surface area contributed by atoms with E-state index < -0.39 is 31.2 Å². The van der Waals surface area contributed by atoms with Crippen molar-refractivity contribution in [2.24, 2.45) is 0 Å². The Morgan fingerprint density at radius 3 is 0.476 bits per heavy atom. The molecule has 0 aliphatic carbocycles. The summed E-state index contributed by atoms with van der Waals surface area (Å²) in [5, 5.41) is 0. The molecule has 0 bridgehead atoms. The Morgan fingerprint density at radius 2 is 0.476 bits per heavy atom. The van der Waals surface area contributed by atoms with Crippen molar-refractivity contribution in [2.75, 3.05) is 0 Å². The smallest absolute Gasteiger partial charge is 0.264 e. The highest BCUT2D eigenvalue weighted by Crippen LogP contribution is 1.60. The second-order valence-corrected chi connectivity index (χ2v) is 5.44. The molecular formula is C6H22O12S3. The van der Waals surface area contributed by atoms with Crippen molar-refractivity contribution in [3.63, 3.8) is 0 Å². The van der Waals surface area contributed by atoms with Crippen LogP contribution in [0.15, 0.2) is 0 Å². The lowest BCUT2D eigenvalue weighted by molar-refractivity contribution is 0.378. The van der Waals surface area contributed by atoms with Crippen LogP contribution in [0.2, 0.25) is 0 Å². The molecule has 0 saturated carbocycles. The highest BCUT2D eigenvalue weighted by molar-refractivity contribution is 7.80.